The Morgan fingerprint density at radius 1 is 1.27 bits per heavy atom. The van der Waals surface area contributed by atoms with Crippen molar-refractivity contribution in [2.75, 3.05) is 16.4 Å². The number of thioether (sulfide) groups is 1. The molecule has 0 atom stereocenters. The maximum absolute atomic E-state index is 12.3. The zero-order valence-corrected chi connectivity index (χ0v) is 16.7. The largest absolute Gasteiger partial charge is 0.357 e. The second kappa shape index (κ2) is 7.94. The van der Waals surface area contributed by atoms with Crippen molar-refractivity contribution < 1.29 is 4.79 Å². The van der Waals surface area contributed by atoms with Gasteiger partial charge in [-0.25, -0.2) is 0 Å². The number of aromatic nitrogens is 2. The zero-order chi connectivity index (χ0) is 17.9. The molecule has 26 heavy (non-hydrogen) atoms. The molecule has 1 amide bonds. The van der Waals surface area contributed by atoms with E-state index in [1.807, 2.05) is 0 Å². The lowest BCUT2D eigenvalue weighted by Gasteiger charge is -2.09. The highest BCUT2D eigenvalue weighted by Crippen LogP contribution is 2.37. The number of aryl methyl sites for hydroxylation is 1. The zero-order valence-electron chi connectivity index (χ0n) is 14.2. The van der Waals surface area contributed by atoms with Gasteiger partial charge in [0.05, 0.1) is 5.56 Å². The van der Waals surface area contributed by atoms with Gasteiger partial charge in [-0.3, -0.25) is 4.79 Å². The second-order valence-corrected chi connectivity index (χ2v) is 9.89. The average Bonchev–Trinajstić information content (AvgIpc) is 3.22. The highest BCUT2D eigenvalue weighted by Gasteiger charge is 2.23. The number of rotatable bonds is 7. The van der Waals surface area contributed by atoms with Crippen molar-refractivity contribution in [2.45, 2.75) is 55.3 Å². The van der Waals surface area contributed by atoms with E-state index in [2.05, 4.69) is 26.9 Å². The Bertz CT molecular complexity index is 849. The monoisotopic (exact) mass is 405 g/mol. The number of hydrogen-bond donors (Lipinski definition) is 2. The Morgan fingerprint density at radius 3 is 2.92 bits per heavy atom. The van der Waals surface area contributed by atoms with Crippen molar-refractivity contribution in [3.05, 3.63) is 16.0 Å². The molecule has 2 aromatic rings. The van der Waals surface area contributed by atoms with Crippen molar-refractivity contribution in [2.24, 2.45) is 0 Å². The number of hydrogen-bond acceptors (Lipinski definition) is 8. The van der Waals surface area contributed by atoms with Gasteiger partial charge in [0.1, 0.15) is 11.1 Å². The fourth-order valence-electron chi connectivity index (χ4n) is 2.92. The van der Waals surface area contributed by atoms with Crippen molar-refractivity contribution in [1.82, 2.24) is 10.2 Å². The molecule has 0 radical (unpaired) electrons. The third kappa shape index (κ3) is 4.19. The molecule has 0 saturated heterocycles. The number of nitriles is 1. The van der Waals surface area contributed by atoms with Crippen molar-refractivity contribution in [3.63, 3.8) is 0 Å². The number of nitrogens with zero attached hydrogens (tertiary/aromatic N) is 3. The van der Waals surface area contributed by atoms with Crippen LogP contribution in [-0.4, -0.2) is 27.9 Å². The van der Waals surface area contributed by atoms with Gasteiger partial charge in [0, 0.05) is 23.1 Å². The molecule has 0 unspecified atom stereocenters. The van der Waals surface area contributed by atoms with Crippen LogP contribution in [0.5, 0.6) is 0 Å². The molecule has 2 heterocycles. The highest BCUT2D eigenvalue weighted by molar-refractivity contribution is 8.01. The highest BCUT2D eigenvalue weighted by atomic mass is 32.2. The Balaban J connectivity index is 1.28. The third-order valence-electron chi connectivity index (χ3n) is 4.40. The van der Waals surface area contributed by atoms with E-state index in [4.69, 9.17) is 0 Å². The Hall–Kier alpha value is -1.63. The molecule has 2 aromatic heterocycles. The van der Waals surface area contributed by atoms with Crippen LogP contribution in [-0.2, 0) is 17.6 Å². The van der Waals surface area contributed by atoms with Crippen molar-refractivity contribution >= 4 is 50.5 Å². The van der Waals surface area contributed by atoms with Crippen LogP contribution in [0.2, 0.25) is 0 Å². The van der Waals surface area contributed by atoms with Gasteiger partial charge in [-0.2, -0.15) is 5.26 Å². The molecule has 0 bridgehead atoms. The van der Waals surface area contributed by atoms with Gasteiger partial charge >= 0.3 is 0 Å². The molecule has 2 aliphatic rings. The third-order valence-corrected chi connectivity index (χ3v) is 7.60. The molecule has 2 N–H and O–H groups in total. The maximum atomic E-state index is 12.3. The number of carbonyl (C=O) groups excluding carboxylic acids is 1. The van der Waals surface area contributed by atoms with Crippen LogP contribution < -0.4 is 10.6 Å². The van der Waals surface area contributed by atoms with Crippen LogP contribution in [0.1, 0.15) is 48.1 Å². The smallest absolute Gasteiger partial charge is 0.225 e. The Morgan fingerprint density at radius 2 is 2.12 bits per heavy atom. The predicted octanol–water partition coefficient (Wildman–Crippen LogP) is 4.05. The van der Waals surface area contributed by atoms with E-state index in [0.29, 0.717) is 23.8 Å². The minimum Gasteiger partial charge on any atom is -0.357 e. The molecule has 9 heteroatoms. The average molecular weight is 406 g/mol. The van der Waals surface area contributed by atoms with Crippen molar-refractivity contribution in [1.29, 1.82) is 5.26 Å². The molecule has 0 aromatic carbocycles. The van der Waals surface area contributed by atoms with Gasteiger partial charge in [-0.05, 0) is 44.1 Å². The standard InChI is InChI=1S/C17H19N5OS3/c18-9-12-11-3-1-2-4-13(11)25-15(12)20-14(23)7-8-24-17-22-21-16(26-17)19-10-5-6-10/h10H,1-8H2,(H,19,21)(H,20,23). The van der Waals surface area contributed by atoms with E-state index in [-0.39, 0.29) is 5.91 Å². The summed E-state index contributed by atoms with van der Waals surface area (Å²) in [5, 5.41) is 25.6. The Kier molecular flexibility index (Phi) is 5.43. The summed E-state index contributed by atoms with van der Waals surface area (Å²) < 4.78 is 0.880. The first kappa shape index (κ1) is 17.8. The second-order valence-electron chi connectivity index (χ2n) is 6.47. The first-order valence-corrected chi connectivity index (χ1v) is 11.4. The summed E-state index contributed by atoms with van der Waals surface area (Å²) in [5.74, 6) is 0.602. The summed E-state index contributed by atoms with van der Waals surface area (Å²) in [6.07, 6.45) is 7.08. The van der Waals surface area contributed by atoms with E-state index in [9.17, 15) is 10.1 Å². The van der Waals surface area contributed by atoms with E-state index >= 15 is 0 Å². The summed E-state index contributed by atoms with van der Waals surface area (Å²) >= 11 is 4.66. The summed E-state index contributed by atoms with van der Waals surface area (Å²) in [4.78, 5) is 13.5. The fourth-order valence-corrected chi connectivity index (χ4v) is 6.01. The SMILES string of the molecule is N#Cc1c(NC(=O)CCSc2nnc(NC3CC3)s2)sc2c1CCCC2. The van der Waals surface area contributed by atoms with Crippen LogP contribution in [0, 0.1) is 11.3 Å². The maximum Gasteiger partial charge on any atom is 0.225 e. The Labute approximate surface area is 164 Å². The quantitative estimate of drug-likeness (QED) is 0.676. The minimum absolute atomic E-state index is 0.0477. The van der Waals surface area contributed by atoms with Crippen LogP contribution in [0.15, 0.2) is 4.34 Å². The molecule has 1 saturated carbocycles. The van der Waals surface area contributed by atoms with Crippen LogP contribution in [0.4, 0.5) is 10.1 Å². The van der Waals surface area contributed by atoms with Crippen LogP contribution in [0.3, 0.4) is 0 Å². The molecular weight excluding hydrogens is 386 g/mol. The first-order chi connectivity index (χ1) is 12.7. The van der Waals surface area contributed by atoms with E-state index in [1.165, 1.54) is 35.5 Å². The summed E-state index contributed by atoms with van der Waals surface area (Å²) in [5.41, 5.74) is 1.82. The predicted molar refractivity (Wildman–Crippen MR) is 106 cm³/mol. The normalized spacial score (nSPS) is 16.0. The molecule has 0 spiro atoms. The summed E-state index contributed by atoms with van der Waals surface area (Å²) in [6.45, 7) is 0. The molecule has 0 aliphatic heterocycles. The molecule has 1 fully saturated rings. The van der Waals surface area contributed by atoms with Gasteiger partial charge in [0.15, 0.2) is 4.34 Å². The number of carbonyl (C=O) groups is 1. The molecule has 4 rings (SSSR count). The fraction of sp³-hybridized carbons (Fsp3) is 0.529. The molecule has 136 valence electrons. The minimum atomic E-state index is -0.0477. The van der Waals surface area contributed by atoms with Crippen molar-refractivity contribution in [3.8, 4) is 6.07 Å². The number of nitrogens with one attached hydrogen (secondary N) is 2. The van der Waals surface area contributed by atoms with Crippen LogP contribution in [0.25, 0.3) is 0 Å². The van der Waals surface area contributed by atoms with Gasteiger partial charge in [-0.15, -0.1) is 21.5 Å². The number of anilines is 2. The lowest BCUT2D eigenvalue weighted by Crippen LogP contribution is -2.12. The van der Waals surface area contributed by atoms with Gasteiger partial charge in [-0.1, -0.05) is 23.1 Å². The number of thiophene rings is 1. The molecular formula is C17H19N5OS3. The molecule has 2 aliphatic carbocycles. The summed E-state index contributed by atoms with van der Waals surface area (Å²) in [6, 6.07) is 2.85. The summed E-state index contributed by atoms with van der Waals surface area (Å²) in [7, 11) is 0. The number of fused-ring (bicyclic) bond motifs is 1. The topological polar surface area (TPSA) is 90.7 Å². The van der Waals surface area contributed by atoms with Gasteiger partial charge < -0.3 is 10.6 Å². The number of amides is 1. The lowest BCUT2D eigenvalue weighted by atomic mass is 9.96. The van der Waals surface area contributed by atoms with E-state index in [1.54, 1.807) is 23.1 Å². The lowest BCUT2D eigenvalue weighted by molar-refractivity contribution is -0.115. The van der Waals surface area contributed by atoms with E-state index in [0.717, 1.165) is 39.3 Å². The van der Waals surface area contributed by atoms with Gasteiger partial charge in [0.25, 0.3) is 0 Å². The first-order valence-electron chi connectivity index (χ1n) is 8.80. The molecule has 6 nitrogen and oxygen atoms in total. The van der Waals surface area contributed by atoms with Crippen LogP contribution >= 0.6 is 34.4 Å². The van der Waals surface area contributed by atoms with Gasteiger partial charge in [0.2, 0.25) is 11.0 Å². The van der Waals surface area contributed by atoms with E-state index < -0.39 is 0 Å².